The van der Waals surface area contributed by atoms with Gasteiger partial charge in [-0.25, -0.2) is 0 Å². The van der Waals surface area contributed by atoms with Crippen molar-refractivity contribution in [2.24, 2.45) is 5.92 Å². The molecule has 1 aromatic carbocycles. The van der Waals surface area contributed by atoms with E-state index in [0.29, 0.717) is 27.0 Å². The fraction of sp³-hybridized carbons (Fsp3) is 0.412. The van der Waals surface area contributed by atoms with Crippen molar-refractivity contribution >= 4 is 56.3 Å². The molecule has 1 amide bonds. The molecule has 0 aliphatic heterocycles. The molecule has 122 valence electrons. The van der Waals surface area contributed by atoms with Crippen molar-refractivity contribution in [3.8, 4) is 0 Å². The summed E-state index contributed by atoms with van der Waals surface area (Å²) in [6.07, 6.45) is 4.79. The zero-order chi connectivity index (χ0) is 16.4. The molecule has 3 rings (SSSR count). The van der Waals surface area contributed by atoms with Crippen molar-refractivity contribution in [3.05, 3.63) is 34.2 Å². The van der Waals surface area contributed by atoms with Gasteiger partial charge in [0.2, 0.25) is 0 Å². The van der Waals surface area contributed by atoms with Gasteiger partial charge in [-0.3, -0.25) is 10.1 Å². The Morgan fingerprint density at radius 1 is 1.30 bits per heavy atom. The molecule has 0 bridgehead atoms. The van der Waals surface area contributed by atoms with Crippen molar-refractivity contribution in [2.75, 3.05) is 0 Å². The fourth-order valence-electron chi connectivity index (χ4n) is 3.06. The van der Waals surface area contributed by atoms with E-state index in [1.807, 2.05) is 24.3 Å². The Morgan fingerprint density at radius 2 is 2.04 bits per heavy atom. The van der Waals surface area contributed by atoms with Crippen LogP contribution >= 0.6 is 35.2 Å². The number of nitrogens with one attached hydrogen (secondary N) is 2. The molecular weight excluding hydrogens is 348 g/mol. The lowest BCUT2D eigenvalue weighted by Gasteiger charge is -2.30. The maximum absolute atomic E-state index is 12.5. The summed E-state index contributed by atoms with van der Waals surface area (Å²) in [5.41, 5.74) is 0. The fourth-order valence-corrected chi connectivity index (χ4v) is 4.71. The zero-order valence-corrected chi connectivity index (χ0v) is 15.3. The first-order valence-corrected chi connectivity index (χ1v) is 9.45. The Bertz CT molecular complexity index is 743. The van der Waals surface area contributed by atoms with Crippen LogP contribution in [0.4, 0.5) is 0 Å². The number of fused-ring (bicyclic) bond motifs is 1. The number of halogens is 1. The second-order valence-electron chi connectivity index (χ2n) is 6.04. The molecule has 1 aliphatic rings. The molecule has 2 aromatic rings. The average molecular weight is 367 g/mol. The van der Waals surface area contributed by atoms with Crippen molar-refractivity contribution in [1.82, 2.24) is 10.6 Å². The number of carbonyl (C=O) groups is 1. The van der Waals surface area contributed by atoms with E-state index in [4.69, 9.17) is 23.8 Å². The van der Waals surface area contributed by atoms with Crippen LogP contribution in [-0.2, 0) is 0 Å². The van der Waals surface area contributed by atoms with Gasteiger partial charge in [-0.1, -0.05) is 49.6 Å². The third-order valence-electron chi connectivity index (χ3n) is 4.40. The van der Waals surface area contributed by atoms with Crippen LogP contribution < -0.4 is 10.6 Å². The largest absolute Gasteiger partial charge is 0.359 e. The Morgan fingerprint density at radius 3 is 2.78 bits per heavy atom. The summed E-state index contributed by atoms with van der Waals surface area (Å²) in [4.78, 5) is 13.0. The van der Waals surface area contributed by atoms with Gasteiger partial charge in [0.1, 0.15) is 4.88 Å². The molecular formula is C17H19ClN2OS2. The van der Waals surface area contributed by atoms with E-state index in [1.165, 1.54) is 30.6 Å². The van der Waals surface area contributed by atoms with Gasteiger partial charge in [0.15, 0.2) is 5.11 Å². The lowest BCUT2D eigenvalue weighted by molar-refractivity contribution is 0.0980. The van der Waals surface area contributed by atoms with Crippen LogP contribution in [0.25, 0.3) is 10.1 Å². The Kier molecular flexibility index (Phi) is 5.19. The molecule has 0 saturated heterocycles. The molecule has 3 nitrogen and oxygen atoms in total. The van der Waals surface area contributed by atoms with Crippen LogP contribution in [0.5, 0.6) is 0 Å². The van der Waals surface area contributed by atoms with E-state index < -0.39 is 0 Å². The minimum absolute atomic E-state index is 0.239. The molecule has 6 heteroatoms. The SMILES string of the molecule is C[C@H]1CCCC[C@H]1NC(=S)NC(=O)c1sc2ccccc2c1Cl. The quantitative estimate of drug-likeness (QED) is 0.754. The van der Waals surface area contributed by atoms with E-state index >= 15 is 0 Å². The normalized spacial score (nSPS) is 21.1. The number of amides is 1. The monoisotopic (exact) mass is 366 g/mol. The number of hydrogen-bond acceptors (Lipinski definition) is 3. The van der Waals surface area contributed by atoms with Gasteiger partial charge in [-0.05, 0) is 37.0 Å². The second kappa shape index (κ2) is 7.16. The highest BCUT2D eigenvalue weighted by Gasteiger charge is 2.23. The molecule has 1 aliphatic carbocycles. The molecule has 1 heterocycles. The highest BCUT2D eigenvalue weighted by Crippen LogP contribution is 2.35. The number of thiocarbonyl (C=S) groups is 1. The third-order valence-corrected chi connectivity index (χ3v) is 6.29. The predicted molar refractivity (Wildman–Crippen MR) is 101 cm³/mol. The van der Waals surface area contributed by atoms with Crippen LogP contribution in [0.1, 0.15) is 42.3 Å². The van der Waals surface area contributed by atoms with E-state index in [2.05, 4.69) is 17.6 Å². The smallest absolute Gasteiger partial charge is 0.269 e. The lowest BCUT2D eigenvalue weighted by atomic mass is 9.86. The molecule has 1 aromatic heterocycles. The molecule has 2 atom stereocenters. The molecule has 2 N–H and O–H groups in total. The maximum atomic E-state index is 12.5. The Labute approximate surface area is 150 Å². The van der Waals surface area contributed by atoms with Crippen LogP contribution in [0, 0.1) is 5.92 Å². The summed E-state index contributed by atoms with van der Waals surface area (Å²) in [6, 6.07) is 8.08. The van der Waals surface area contributed by atoms with Crippen molar-refractivity contribution in [3.63, 3.8) is 0 Å². The number of benzene rings is 1. The first kappa shape index (κ1) is 16.7. The molecule has 1 fully saturated rings. The Balaban J connectivity index is 1.68. The molecule has 1 saturated carbocycles. The summed E-state index contributed by atoms with van der Waals surface area (Å²) in [6.45, 7) is 2.23. The number of carbonyl (C=O) groups excluding carboxylic acids is 1. The standard InChI is InChI=1S/C17H19ClN2OS2/c1-10-6-2-4-8-12(10)19-17(22)20-16(21)15-14(18)11-7-3-5-9-13(11)23-15/h3,5,7,9-10,12H,2,4,6,8H2,1H3,(H2,19,20,21,22)/t10-,12+/m0/s1. The van der Waals surface area contributed by atoms with Crippen LogP contribution in [0.3, 0.4) is 0 Å². The first-order valence-electron chi connectivity index (χ1n) is 7.85. The highest BCUT2D eigenvalue weighted by atomic mass is 35.5. The molecule has 0 unspecified atom stereocenters. The van der Waals surface area contributed by atoms with E-state index in [9.17, 15) is 4.79 Å². The van der Waals surface area contributed by atoms with Crippen molar-refractivity contribution in [2.45, 2.75) is 38.6 Å². The number of thiophene rings is 1. The van der Waals surface area contributed by atoms with Crippen LogP contribution in [0.15, 0.2) is 24.3 Å². The van der Waals surface area contributed by atoms with E-state index in [0.717, 1.165) is 16.5 Å². The average Bonchev–Trinajstić information content (AvgIpc) is 2.87. The Hall–Kier alpha value is -1.17. The summed E-state index contributed by atoms with van der Waals surface area (Å²) in [5.74, 6) is 0.337. The topological polar surface area (TPSA) is 41.1 Å². The zero-order valence-electron chi connectivity index (χ0n) is 12.9. The summed E-state index contributed by atoms with van der Waals surface area (Å²) in [7, 11) is 0. The van der Waals surface area contributed by atoms with Crippen molar-refractivity contribution in [1.29, 1.82) is 0 Å². The van der Waals surface area contributed by atoms with Gasteiger partial charge >= 0.3 is 0 Å². The summed E-state index contributed by atoms with van der Waals surface area (Å²) >= 11 is 13.0. The highest BCUT2D eigenvalue weighted by molar-refractivity contribution is 7.80. The van der Waals surface area contributed by atoms with Gasteiger partial charge in [0, 0.05) is 16.1 Å². The molecule has 23 heavy (non-hydrogen) atoms. The van der Waals surface area contributed by atoms with E-state index in [1.54, 1.807) is 0 Å². The minimum Gasteiger partial charge on any atom is -0.359 e. The molecule has 0 radical (unpaired) electrons. The second-order valence-corrected chi connectivity index (χ2v) is 7.88. The summed E-state index contributed by atoms with van der Waals surface area (Å²) in [5, 5.41) is 7.85. The third kappa shape index (κ3) is 3.67. The number of rotatable bonds is 2. The minimum atomic E-state index is -0.239. The van der Waals surface area contributed by atoms with Gasteiger partial charge in [-0.2, -0.15) is 0 Å². The predicted octanol–water partition coefficient (Wildman–Crippen LogP) is 4.74. The van der Waals surface area contributed by atoms with Crippen molar-refractivity contribution < 1.29 is 4.79 Å². The van der Waals surface area contributed by atoms with Gasteiger partial charge in [0.05, 0.1) is 5.02 Å². The van der Waals surface area contributed by atoms with Gasteiger partial charge in [0.25, 0.3) is 5.91 Å². The van der Waals surface area contributed by atoms with Crippen LogP contribution in [0.2, 0.25) is 5.02 Å². The maximum Gasteiger partial charge on any atom is 0.269 e. The summed E-state index contributed by atoms with van der Waals surface area (Å²) < 4.78 is 1.00. The van der Waals surface area contributed by atoms with E-state index in [-0.39, 0.29) is 5.91 Å². The van der Waals surface area contributed by atoms with Crippen LogP contribution in [-0.4, -0.2) is 17.1 Å². The lowest BCUT2D eigenvalue weighted by Crippen LogP contribution is -2.47. The van der Waals surface area contributed by atoms with Gasteiger partial charge < -0.3 is 5.32 Å². The first-order chi connectivity index (χ1) is 11.1. The van der Waals surface area contributed by atoms with Gasteiger partial charge in [-0.15, -0.1) is 11.3 Å². The number of hydrogen-bond donors (Lipinski definition) is 2. The molecule has 0 spiro atoms.